The number of nitrogens with zero attached hydrogens (tertiary/aromatic N) is 1. The lowest BCUT2D eigenvalue weighted by Crippen LogP contribution is -2.32. The first-order valence-electron chi connectivity index (χ1n) is 5.89. The predicted octanol–water partition coefficient (Wildman–Crippen LogP) is 3.12. The molecule has 16 heavy (non-hydrogen) atoms. The van der Waals surface area contributed by atoms with E-state index in [9.17, 15) is 0 Å². The number of hydrogen-bond donors (Lipinski definition) is 1. The van der Waals surface area contributed by atoms with Gasteiger partial charge in [0, 0.05) is 12.3 Å². The van der Waals surface area contributed by atoms with Crippen LogP contribution in [0.2, 0.25) is 0 Å². The summed E-state index contributed by atoms with van der Waals surface area (Å²) < 4.78 is 6.52. The van der Waals surface area contributed by atoms with Gasteiger partial charge in [0.25, 0.3) is 0 Å². The quantitative estimate of drug-likeness (QED) is 0.804. The van der Waals surface area contributed by atoms with Crippen molar-refractivity contribution in [1.82, 2.24) is 9.97 Å². The van der Waals surface area contributed by atoms with E-state index in [0.717, 1.165) is 37.4 Å². The van der Waals surface area contributed by atoms with Crippen LogP contribution < -0.4 is 0 Å². The average molecular weight is 238 g/mol. The molecule has 1 aromatic rings. The van der Waals surface area contributed by atoms with Gasteiger partial charge in [-0.3, -0.25) is 0 Å². The van der Waals surface area contributed by atoms with Gasteiger partial charge in [0.05, 0.1) is 0 Å². The molecule has 1 aliphatic rings. The zero-order valence-electron chi connectivity index (χ0n) is 9.88. The molecule has 1 saturated heterocycles. The summed E-state index contributed by atoms with van der Waals surface area (Å²) in [6, 6.07) is 1.92. The van der Waals surface area contributed by atoms with E-state index in [2.05, 4.69) is 23.8 Å². The number of hydrogen-bond acceptors (Lipinski definition) is 3. The lowest BCUT2D eigenvalue weighted by Gasteiger charge is -2.33. The van der Waals surface area contributed by atoms with Crippen molar-refractivity contribution in [2.24, 2.45) is 0 Å². The standard InChI is InChI=1S/C12H18N2OS/c1-3-9-8-10(16)14-11(13-9)12(2)6-4-5-7-15-12/h8H,3-7H2,1-2H3,(H,13,14,16). The van der Waals surface area contributed by atoms with E-state index in [1.54, 1.807) is 0 Å². The molecule has 0 aromatic carbocycles. The number of rotatable bonds is 2. The van der Waals surface area contributed by atoms with Crippen molar-refractivity contribution < 1.29 is 4.74 Å². The molecular weight excluding hydrogens is 220 g/mol. The van der Waals surface area contributed by atoms with Crippen LogP contribution in [0.1, 0.15) is 44.6 Å². The Labute approximate surface area is 101 Å². The van der Waals surface area contributed by atoms with Gasteiger partial charge in [0.2, 0.25) is 0 Å². The van der Waals surface area contributed by atoms with Gasteiger partial charge in [-0.2, -0.15) is 0 Å². The largest absolute Gasteiger partial charge is 0.367 e. The predicted molar refractivity (Wildman–Crippen MR) is 66.0 cm³/mol. The van der Waals surface area contributed by atoms with E-state index in [1.807, 2.05) is 6.07 Å². The molecule has 3 nitrogen and oxygen atoms in total. The van der Waals surface area contributed by atoms with Crippen LogP contribution in [0.5, 0.6) is 0 Å². The van der Waals surface area contributed by atoms with Gasteiger partial charge < -0.3 is 9.72 Å². The lowest BCUT2D eigenvalue weighted by atomic mass is 9.95. The molecule has 0 spiro atoms. The van der Waals surface area contributed by atoms with Crippen LogP contribution in [0.25, 0.3) is 0 Å². The Hall–Kier alpha value is -0.740. The first-order chi connectivity index (χ1) is 7.64. The molecule has 88 valence electrons. The van der Waals surface area contributed by atoms with Crippen molar-refractivity contribution in [3.8, 4) is 0 Å². The maximum Gasteiger partial charge on any atom is 0.140 e. The smallest absolute Gasteiger partial charge is 0.140 e. The minimum absolute atomic E-state index is 0.281. The highest BCUT2D eigenvalue weighted by molar-refractivity contribution is 7.71. The topological polar surface area (TPSA) is 37.9 Å². The maximum absolute atomic E-state index is 5.87. The summed E-state index contributed by atoms with van der Waals surface area (Å²) in [5.74, 6) is 0.886. The molecular formula is C12H18N2OS. The Morgan fingerprint density at radius 3 is 3.00 bits per heavy atom. The van der Waals surface area contributed by atoms with Crippen LogP contribution in [-0.2, 0) is 16.8 Å². The number of H-pyrrole nitrogens is 1. The third-order valence-electron chi connectivity index (χ3n) is 3.15. The van der Waals surface area contributed by atoms with Gasteiger partial charge >= 0.3 is 0 Å². The van der Waals surface area contributed by atoms with Crippen LogP contribution in [0.4, 0.5) is 0 Å². The fourth-order valence-electron chi connectivity index (χ4n) is 2.07. The van der Waals surface area contributed by atoms with Crippen LogP contribution in [0, 0.1) is 4.64 Å². The summed E-state index contributed by atoms with van der Waals surface area (Å²) >= 11 is 5.19. The summed E-state index contributed by atoms with van der Waals surface area (Å²) in [4.78, 5) is 7.75. The van der Waals surface area contributed by atoms with Gasteiger partial charge in [0.1, 0.15) is 16.1 Å². The third-order valence-corrected chi connectivity index (χ3v) is 3.36. The Kier molecular flexibility index (Phi) is 3.40. The zero-order valence-corrected chi connectivity index (χ0v) is 10.7. The van der Waals surface area contributed by atoms with E-state index >= 15 is 0 Å². The Morgan fingerprint density at radius 1 is 1.56 bits per heavy atom. The molecule has 0 aliphatic carbocycles. The van der Waals surface area contributed by atoms with Crippen LogP contribution >= 0.6 is 12.2 Å². The molecule has 0 saturated carbocycles. The van der Waals surface area contributed by atoms with E-state index in [1.165, 1.54) is 6.42 Å². The molecule has 0 amide bonds. The van der Waals surface area contributed by atoms with Crippen molar-refractivity contribution in [1.29, 1.82) is 0 Å². The van der Waals surface area contributed by atoms with Crippen molar-refractivity contribution in [2.45, 2.75) is 45.1 Å². The monoisotopic (exact) mass is 238 g/mol. The van der Waals surface area contributed by atoms with Crippen molar-refractivity contribution in [2.75, 3.05) is 6.61 Å². The van der Waals surface area contributed by atoms with Crippen molar-refractivity contribution >= 4 is 12.2 Å². The van der Waals surface area contributed by atoms with E-state index in [0.29, 0.717) is 4.64 Å². The molecule has 1 aliphatic heterocycles. The highest BCUT2D eigenvalue weighted by Crippen LogP contribution is 2.32. The fourth-order valence-corrected chi connectivity index (χ4v) is 2.30. The lowest BCUT2D eigenvalue weighted by molar-refractivity contribution is -0.0762. The molecule has 1 atom stereocenters. The molecule has 1 N–H and O–H groups in total. The number of aromatic amines is 1. The first kappa shape index (κ1) is 11.7. The summed E-state index contributed by atoms with van der Waals surface area (Å²) in [7, 11) is 0. The van der Waals surface area contributed by atoms with Crippen LogP contribution in [0.3, 0.4) is 0 Å². The zero-order chi connectivity index (χ0) is 11.6. The highest BCUT2D eigenvalue weighted by Gasteiger charge is 2.32. The summed E-state index contributed by atoms with van der Waals surface area (Å²) in [6.07, 6.45) is 4.28. The second-order valence-electron chi connectivity index (χ2n) is 4.48. The third kappa shape index (κ3) is 2.33. The molecule has 2 heterocycles. The number of ether oxygens (including phenoxy) is 1. The van der Waals surface area contributed by atoms with Gasteiger partial charge in [-0.15, -0.1) is 0 Å². The second-order valence-corrected chi connectivity index (χ2v) is 4.90. The molecule has 0 bridgehead atoms. The minimum Gasteiger partial charge on any atom is -0.367 e. The molecule has 1 fully saturated rings. The molecule has 1 unspecified atom stereocenters. The molecule has 2 rings (SSSR count). The SMILES string of the molecule is CCc1cc(=S)nc(C2(C)CCCCO2)[nH]1. The van der Waals surface area contributed by atoms with Crippen LogP contribution in [0.15, 0.2) is 6.07 Å². The Bertz CT molecular complexity index is 421. The van der Waals surface area contributed by atoms with Crippen molar-refractivity contribution in [3.05, 3.63) is 22.2 Å². The number of aryl methyl sites for hydroxylation is 1. The van der Waals surface area contributed by atoms with Crippen molar-refractivity contribution in [3.63, 3.8) is 0 Å². The van der Waals surface area contributed by atoms with Crippen LogP contribution in [-0.4, -0.2) is 16.6 Å². The number of nitrogens with one attached hydrogen (secondary N) is 1. The summed E-state index contributed by atoms with van der Waals surface area (Å²) in [5, 5.41) is 0. The van der Waals surface area contributed by atoms with E-state index in [-0.39, 0.29) is 5.60 Å². The molecule has 1 aromatic heterocycles. The summed E-state index contributed by atoms with van der Waals surface area (Å²) in [6.45, 7) is 5.02. The Morgan fingerprint density at radius 2 is 2.38 bits per heavy atom. The normalized spacial score (nSPS) is 25.6. The van der Waals surface area contributed by atoms with Gasteiger partial charge in [-0.05, 0) is 38.7 Å². The second kappa shape index (κ2) is 4.63. The molecule has 4 heteroatoms. The fraction of sp³-hybridized carbons (Fsp3) is 0.667. The van der Waals surface area contributed by atoms with E-state index in [4.69, 9.17) is 17.0 Å². The Balaban J connectivity index is 2.38. The highest BCUT2D eigenvalue weighted by atomic mass is 32.1. The average Bonchev–Trinajstić information content (AvgIpc) is 2.29. The van der Waals surface area contributed by atoms with Gasteiger partial charge in [-0.1, -0.05) is 19.1 Å². The van der Waals surface area contributed by atoms with Gasteiger partial charge in [0.15, 0.2) is 0 Å². The maximum atomic E-state index is 5.87. The molecule has 0 radical (unpaired) electrons. The van der Waals surface area contributed by atoms with E-state index < -0.39 is 0 Å². The number of aromatic nitrogens is 2. The minimum atomic E-state index is -0.281. The first-order valence-corrected chi connectivity index (χ1v) is 6.29. The van der Waals surface area contributed by atoms with Gasteiger partial charge in [-0.25, -0.2) is 4.98 Å². The summed E-state index contributed by atoms with van der Waals surface area (Å²) in [5.41, 5.74) is 0.849.